The van der Waals surface area contributed by atoms with Gasteiger partial charge in [0.1, 0.15) is 0 Å². The van der Waals surface area contributed by atoms with E-state index in [1.54, 1.807) is 0 Å². The third kappa shape index (κ3) is 4.73. The monoisotopic (exact) mass is 401 g/mol. The molecule has 29 heavy (non-hydrogen) atoms. The first-order chi connectivity index (χ1) is 13.5. The van der Waals surface area contributed by atoms with Gasteiger partial charge < -0.3 is 20.7 Å². The highest BCUT2D eigenvalue weighted by atomic mass is 16.5. The van der Waals surface area contributed by atoms with Gasteiger partial charge in [-0.2, -0.15) is 0 Å². The summed E-state index contributed by atoms with van der Waals surface area (Å²) in [6, 6.07) is 5.88. The van der Waals surface area contributed by atoms with Gasteiger partial charge in [0.05, 0.1) is 24.4 Å². The van der Waals surface area contributed by atoms with Crippen molar-refractivity contribution in [2.45, 2.75) is 76.9 Å². The summed E-state index contributed by atoms with van der Waals surface area (Å²) in [4.78, 5) is 12.1. The van der Waals surface area contributed by atoms with E-state index < -0.39 is 17.1 Å². The van der Waals surface area contributed by atoms with Gasteiger partial charge in [0, 0.05) is 5.56 Å². The molecule has 5 heteroatoms. The zero-order valence-corrected chi connectivity index (χ0v) is 18.1. The Kier molecular flexibility index (Phi) is 5.96. The van der Waals surface area contributed by atoms with Crippen LogP contribution in [0.3, 0.4) is 0 Å². The zero-order valence-electron chi connectivity index (χ0n) is 18.1. The molecule has 1 aliphatic heterocycles. The van der Waals surface area contributed by atoms with Gasteiger partial charge in [0.2, 0.25) is 5.91 Å². The third-order valence-corrected chi connectivity index (χ3v) is 6.62. The lowest BCUT2D eigenvalue weighted by Gasteiger charge is -2.47. The minimum atomic E-state index is -0.711. The van der Waals surface area contributed by atoms with E-state index >= 15 is 0 Å². The molecule has 4 N–H and O–H groups in total. The Morgan fingerprint density at radius 3 is 2.24 bits per heavy atom. The average Bonchev–Trinajstić information content (AvgIpc) is 2.67. The predicted molar refractivity (Wildman–Crippen MR) is 115 cm³/mol. The predicted octanol–water partition coefficient (Wildman–Crippen LogP) is 3.78. The lowest BCUT2D eigenvalue weighted by atomic mass is 9.74. The summed E-state index contributed by atoms with van der Waals surface area (Å²) in [7, 11) is 0. The molecule has 1 aliphatic carbocycles. The SMILES string of the molecule is CC1(C)CC=C(c2cc(C3C[C@](C)(CO)O[C@](C)(CO)C3)ccc2C(N)=O)CC1. The molecule has 5 nitrogen and oxygen atoms in total. The fourth-order valence-corrected chi connectivity index (χ4v) is 4.84. The van der Waals surface area contributed by atoms with E-state index in [0.29, 0.717) is 18.4 Å². The molecule has 0 saturated carbocycles. The molecule has 1 unspecified atom stereocenters. The highest BCUT2D eigenvalue weighted by molar-refractivity contribution is 5.98. The van der Waals surface area contributed by atoms with Gasteiger partial charge in [-0.25, -0.2) is 0 Å². The molecule has 3 rings (SSSR count). The Balaban J connectivity index is 2.00. The molecule has 0 bridgehead atoms. The van der Waals surface area contributed by atoms with Gasteiger partial charge in [-0.05, 0) is 80.1 Å². The van der Waals surface area contributed by atoms with E-state index in [1.165, 1.54) is 5.57 Å². The molecule has 1 aromatic carbocycles. The van der Waals surface area contributed by atoms with E-state index in [4.69, 9.17) is 10.5 Å². The Hall–Kier alpha value is -1.69. The van der Waals surface area contributed by atoms with Crippen LogP contribution in [-0.4, -0.2) is 40.5 Å². The average molecular weight is 402 g/mol. The van der Waals surface area contributed by atoms with Crippen molar-refractivity contribution in [1.29, 1.82) is 0 Å². The molecule has 0 aromatic heterocycles. The number of hydrogen-bond acceptors (Lipinski definition) is 4. The van der Waals surface area contributed by atoms with Crippen LogP contribution < -0.4 is 5.73 Å². The van der Waals surface area contributed by atoms with Crippen molar-refractivity contribution >= 4 is 11.5 Å². The number of nitrogens with two attached hydrogens (primary N) is 1. The molecular weight excluding hydrogens is 366 g/mol. The van der Waals surface area contributed by atoms with Crippen molar-refractivity contribution in [1.82, 2.24) is 0 Å². The second kappa shape index (κ2) is 7.86. The van der Waals surface area contributed by atoms with Crippen molar-refractivity contribution in [2.24, 2.45) is 11.1 Å². The lowest BCUT2D eigenvalue weighted by Crippen LogP contribution is -2.51. The van der Waals surface area contributed by atoms with Crippen LogP contribution in [0, 0.1) is 5.41 Å². The lowest BCUT2D eigenvalue weighted by molar-refractivity contribution is -0.208. The van der Waals surface area contributed by atoms with Crippen LogP contribution in [0.25, 0.3) is 5.57 Å². The maximum Gasteiger partial charge on any atom is 0.249 e. The smallest absolute Gasteiger partial charge is 0.249 e. The standard InChI is InChI=1S/C24H35NO4/c1-22(2)9-7-16(8-10-22)20-11-17(5-6-19(20)21(25)28)18-12-23(3,14-26)29-24(4,13-18)15-27/h5-7,11,18,26-27H,8-10,12-15H2,1-4H3,(H2,25,28)/t18?,23-,24+. The van der Waals surface area contributed by atoms with E-state index in [1.807, 2.05) is 26.0 Å². The molecule has 1 amide bonds. The summed E-state index contributed by atoms with van der Waals surface area (Å²) in [6.07, 6.45) is 6.53. The Bertz CT molecular complexity index is 797. The number of hydrogen-bond donors (Lipinski definition) is 3. The Labute approximate surface area is 174 Å². The Morgan fingerprint density at radius 1 is 1.14 bits per heavy atom. The first-order valence-electron chi connectivity index (χ1n) is 10.5. The van der Waals surface area contributed by atoms with Crippen LogP contribution in [0.2, 0.25) is 0 Å². The van der Waals surface area contributed by atoms with Crippen LogP contribution >= 0.6 is 0 Å². The second-order valence-electron chi connectivity index (χ2n) is 10.2. The maximum absolute atomic E-state index is 12.1. The summed E-state index contributed by atoms with van der Waals surface area (Å²) >= 11 is 0. The number of aliphatic hydroxyl groups excluding tert-OH is 2. The summed E-state index contributed by atoms with van der Waals surface area (Å²) in [5.41, 5.74) is 8.30. The van der Waals surface area contributed by atoms with Crippen molar-refractivity contribution in [3.8, 4) is 0 Å². The van der Waals surface area contributed by atoms with Gasteiger partial charge in [-0.3, -0.25) is 4.79 Å². The normalized spacial score (nSPS) is 31.9. The molecule has 160 valence electrons. The summed E-state index contributed by atoms with van der Waals surface area (Å²) in [5, 5.41) is 19.8. The van der Waals surface area contributed by atoms with Gasteiger partial charge in [0.25, 0.3) is 0 Å². The van der Waals surface area contributed by atoms with Crippen LogP contribution in [0.4, 0.5) is 0 Å². The number of ether oxygens (including phenoxy) is 1. The van der Waals surface area contributed by atoms with Gasteiger partial charge in [0.15, 0.2) is 0 Å². The van der Waals surface area contributed by atoms with Crippen molar-refractivity contribution in [3.05, 3.63) is 41.0 Å². The maximum atomic E-state index is 12.1. The van der Waals surface area contributed by atoms with E-state index in [2.05, 4.69) is 26.0 Å². The zero-order chi connectivity index (χ0) is 21.4. The van der Waals surface area contributed by atoms with E-state index in [0.717, 1.165) is 30.4 Å². The largest absolute Gasteiger partial charge is 0.393 e. The van der Waals surface area contributed by atoms with Crippen LogP contribution in [-0.2, 0) is 4.74 Å². The van der Waals surface area contributed by atoms with E-state index in [-0.39, 0.29) is 24.5 Å². The molecule has 0 spiro atoms. The van der Waals surface area contributed by atoms with Gasteiger partial charge in [-0.1, -0.05) is 32.1 Å². The van der Waals surface area contributed by atoms with Crippen LogP contribution in [0.1, 0.15) is 87.2 Å². The molecule has 1 fully saturated rings. The molecular formula is C24H35NO4. The topological polar surface area (TPSA) is 92.8 Å². The highest BCUT2D eigenvalue weighted by Gasteiger charge is 2.44. The number of carbonyl (C=O) groups is 1. The number of primary amides is 1. The van der Waals surface area contributed by atoms with Gasteiger partial charge in [-0.15, -0.1) is 0 Å². The van der Waals surface area contributed by atoms with E-state index in [9.17, 15) is 15.0 Å². The number of benzene rings is 1. The molecule has 2 aliphatic rings. The molecule has 1 heterocycles. The van der Waals surface area contributed by atoms with Crippen LogP contribution in [0.15, 0.2) is 24.3 Å². The summed E-state index contributed by atoms with van der Waals surface area (Å²) < 4.78 is 6.06. The third-order valence-electron chi connectivity index (χ3n) is 6.62. The number of amides is 1. The Morgan fingerprint density at radius 2 is 1.76 bits per heavy atom. The minimum absolute atomic E-state index is 0.106. The molecule has 1 saturated heterocycles. The van der Waals surface area contributed by atoms with Crippen molar-refractivity contribution in [2.75, 3.05) is 13.2 Å². The summed E-state index contributed by atoms with van der Waals surface area (Å²) in [5.74, 6) is -0.302. The quantitative estimate of drug-likeness (QED) is 0.700. The molecule has 3 atom stereocenters. The first-order valence-corrected chi connectivity index (χ1v) is 10.5. The number of allylic oxidation sites excluding steroid dienone is 2. The second-order valence-corrected chi connectivity index (χ2v) is 10.2. The highest BCUT2D eigenvalue weighted by Crippen LogP contribution is 2.45. The van der Waals surface area contributed by atoms with Crippen LogP contribution in [0.5, 0.6) is 0 Å². The fraction of sp³-hybridized carbons (Fsp3) is 0.625. The number of rotatable bonds is 5. The number of carbonyl (C=O) groups excluding carboxylic acids is 1. The molecule has 1 aromatic rings. The van der Waals surface area contributed by atoms with Gasteiger partial charge >= 0.3 is 0 Å². The minimum Gasteiger partial charge on any atom is -0.393 e. The summed E-state index contributed by atoms with van der Waals surface area (Å²) in [6.45, 7) is 8.09. The fourth-order valence-electron chi connectivity index (χ4n) is 4.84. The molecule has 0 radical (unpaired) electrons. The first kappa shape index (κ1) is 22.0. The van der Waals surface area contributed by atoms with Crippen molar-refractivity contribution in [3.63, 3.8) is 0 Å². The number of aliphatic hydroxyl groups is 2. The van der Waals surface area contributed by atoms with Crippen molar-refractivity contribution < 1.29 is 19.7 Å².